The van der Waals surface area contributed by atoms with E-state index in [1.807, 2.05) is 36.4 Å². The molecule has 0 aliphatic carbocycles. The van der Waals surface area contributed by atoms with Gasteiger partial charge in [-0.15, -0.1) is 11.3 Å². The van der Waals surface area contributed by atoms with E-state index in [0.717, 1.165) is 88.1 Å². The Morgan fingerprint density at radius 2 is 0.983 bits per heavy atom. The molecular formula is C52H30N4OS. The van der Waals surface area contributed by atoms with Gasteiger partial charge in [-0.1, -0.05) is 146 Å². The Balaban J connectivity index is 1.06. The zero-order chi connectivity index (χ0) is 38.2. The molecule has 0 amide bonds. The summed E-state index contributed by atoms with van der Waals surface area (Å²) in [6.07, 6.45) is 0. The van der Waals surface area contributed by atoms with Crippen molar-refractivity contribution in [2.24, 2.45) is 0 Å². The first-order valence-corrected chi connectivity index (χ1v) is 20.1. The maximum Gasteiger partial charge on any atom is 0.164 e. The number of hydrogen-bond acceptors (Lipinski definition) is 6. The monoisotopic (exact) mass is 758 g/mol. The van der Waals surface area contributed by atoms with E-state index in [9.17, 15) is 0 Å². The first kappa shape index (κ1) is 32.7. The van der Waals surface area contributed by atoms with Crippen molar-refractivity contribution in [3.63, 3.8) is 0 Å². The van der Waals surface area contributed by atoms with Gasteiger partial charge in [-0.2, -0.15) is 0 Å². The number of fused-ring (bicyclic) bond motifs is 10. The molecule has 0 radical (unpaired) electrons. The molecule has 0 atom stereocenters. The summed E-state index contributed by atoms with van der Waals surface area (Å²) < 4.78 is 9.29. The zero-order valence-corrected chi connectivity index (χ0v) is 31.7. The summed E-state index contributed by atoms with van der Waals surface area (Å²) in [5.74, 6) is 1.88. The van der Waals surface area contributed by atoms with Crippen LogP contribution in [0.5, 0.6) is 0 Å². The number of thiophene rings is 1. The molecule has 4 heterocycles. The van der Waals surface area contributed by atoms with Crippen molar-refractivity contribution in [1.29, 1.82) is 0 Å². The van der Waals surface area contributed by atoms with Gasteiger partial charge in [-0.05, 0) is 42.0 Å². The number of rotatable bonds is 5. The highest BCUT2D eigenvalue weighted by Gasteiger charge is 2.21. The molecule has 0 saturated heterocycles. The lowest BCUT2D eigenvalue weighted by Gasteiger charge is -2.11. The van der Waals surface area contributed by atoms with Crippen molar-refractivity contribution in [2.75, 3.05) is 0 Å². The van der Waals surface area contributed by atoms with Gasteiger partial charge in [0, 0.05) is 74.9 Å². The number of hydrogen-bond donors (Lipinski definition) is 0. The lowest BCUT2D eigenvalue weighted by molar-refractivity contribution is 0.670. The van der Waals surface area contributed by atoms with Crippen LogP contribution in [0.15, 0.2) is 186 Å². The van der Waals surface area contributed by atoms with Crippen LogP contribution in [0.25, 0.3) is 120 Å². The molecule has 0 unspecified atom stereocenters. The second kappa shape index (κ2) is 13.0. The summed E-state index contributed by atoms with van der Waals surface area (Å²) in [5, 5.41) is 7.86. The number of nitrogens with zero attached hydrogens (tertiary/aromatic N) is 4. The van der Waals surface area contributed by atoms with Gasteiger partial charge in [0.05, 0.1) is 11.2 Å². The van der Waals surface area contributed by atoms with Gasteiger partial charge in [0.15, 0.2) is 17.5 Å². The second-order valence-corrected chi connectivity index (χ2v) is 15.6. The fraction of sp³-hybridized carbons (Fsp3) is 0. The largest absolute Gasteiger partial charge is 0.455 e. The van der Waals surface area contributed by atoms with E-state index >= 15 is 0 Å². The molecule has 0 saturated carbocycles. The summed E-state index contributed by atoms with van der Waals surface area (Å²) in [4.78, 5) is 20.6. The van der Waals surface area contributed by atoms with E-state index in [1.54, 1.807) is 11.3 Å². The lowest BCUT2D eigenvalue weighted by Crippen LogP contribution is -2.00. The minimum atomic E-state index is 0.609. The quantitative estimate of drug-likeness (QED) is 0.164. The van der Waals surface area contributed by atoms with Crippen LogP contribution in [0.4, 0.5) is 0 Å². The maximum atomic E-state index is 6.85. The van der Waals surface area contributed by atoms with Crippen molar-refractivity contribution < 1.29 is 4.42 Å². The van der Waals surface area contributed by atoms with Crippen LogP contribution in [0.3, 0.4) is 0 Å². The Labute approximate surface area is 336 Å². The van der Waals surface area contributed by atoms with Gasteiger partial charge in [-0.3, -0.25) is 0 Å². The van der Waals surface area contributed by atoms with Crippen molar-refractivity contribution in [3.8, 4) is 56.5 Å². The molecule has 0 spiro atoms. The third-order valence-corrected chi connectivity index (χ3v) is 12.3. The van der Waals surface area contributed by atoms with Gasteiger partial charge in [0.2, 0.25) is 0 Å². The number of para-hydroxylation sites is 2. The molecular weight excluding hydrogens is 729 g/mol. The molecule has 270 valence electrons. The van der Waals surface area contributed by atoms with Crippen molar-refractivity contribution in [2.45, 2.75) is 0 Å². The van der Waals surface area contributed by atoms with Crippen molar-refractivity contribution in [1.82, 2.24) is 19.9 Å². The van der Waals surface area contributed by atoms with Gasteiger partial charge in [0.1, 0.15) is 11.2 Å². The third kappa shape index (κ3) is 5.16. The maximum absolute atomic E-state index is 6.85. The van der Waals surface area contributed by atoms with Crippen LogP contribution in [0.1, 0.15) is 0 Å². The van der Waals surface area contributed by atoms with Crippen LogP contribution < -0.4 is 0 Å². The van der Waals surface area contributed by atoms with E-state index in [4.69, 9.17) is 24.4 Å². The summed E-state index contributed by atoms with van der Waals surface area (Å²) in [6, 6.07) is 63.1. The highest BCUT2D eigenvalue weighted by atomic mass is 32.1. The molecule has 58 heavy (non-hydrogen) atoms. The number of benzene rings is 8. The highest BCUT2D eigenvalue weighted by Crippen LogP contribution is 2.44. The molecule has 0 fully saturated rings. The predicted molar refractivity (Wildman–Crippen MR) is 240 cm³/mol. The molecule has 6 heteroatoms. The molecule has 0 N–H and O–H groups in total. The molecule has 5 nitrogen and oxygen atoms in total. The second-order valence-electron chi connectivity index (χ2n) is 14.5. The minimum absolute atomic E-state index is 0.609. The number of aromatic nitrogens is 4. The molecule has 12 rings (SSSR count). The molecule has 0 bridgehead atoms. The Hall–Kier alpha value is -7.54. The Bertz CT molecular complexity index is 3570. The molecule has 12 aromatic rings. The van der Waals surface area contributed by atoms with Crippen LogP contribution >= 0.6 is 11.3 Å². The van der Waals surface area contributed by atoms with Gasteiger partial charge < -0.3 is 4.42 Å². The van der Waals surface area contributed by atoms with Gasteiger partial charge in [0.25, 0.3) is 0 Å². The zero-order valence-electron chi connectivity index (χ0n) is 30.9. The van der Waals surface area contributed by atoms with Gasteiger partial charge in [-0.25, -0.2) is 19.9 Å². The third-order valence-electron chi connectivity index (χ3n) is 11.1. The Kier molecular flexibility index (Phi) is 7.33. The summed E-state index contributed by atoms with van der Waals surface area (Å²) >= 11 is 1.79. The normalized spacial score (nSPS) is 11.8. The fourth-order valence-electron chi connectivity index (χ4n) is 8.50. The summed E-state index contributed by atoms with van der Waals surface area (Å²) in [5.41, 5.74) is 9.50. The minimum Gasteiger partial charge on any atom is -0.455 e. The first-order valence-electron chi connectivity index (χ1n) is 19.3. The van der Waals surface area contributed by atoms with E-state index in [0.29, 0.717) is 17.5 Å². The van der Waals surface area contributed by atoms with Crippen LogP contribution in [0, 0.1) is 0 Å². The fourth-order valence-corrected chi connectivity index (χ4v) is 9.63. The van der Waals surface area contributed by atoms with Crippen LogP contribution in [0.2, 0.25) is 0 Å². The van der Waals surface area contributed by atoms with Crippen LogP contribution in [-0.4, -0.2) is 19.9 Å². The standard InChI is InChI=1S/C52H30N4OS/c1-3-14-31(15-4-1)48-38-28-29-42-47(46(38)36-20-7-9-25-41(36)53-48)39-23-12-22-35(49(39)57-42)33-18-11-19-34(30-33)51-54-50(32-16-5-2-6-17-32)55-52(56-51)40-24-13-27-44-45(40)37-21-8-10-26-43(37)58-44/h1-30H. The van der Waals surface area contributed by atoms with E-state index in [1.165, 1.54) is 14.8 Å². The SMILES string of the molecule is c1ccc(-c2nc(-c3cccc(-c4cccc5c4oc4ccc6c(-c7ccccc7)nc7ccccc7c6c45)c3)nc(-c3cccc4sc5ccccc5c34)n2)cc1. The molecule has 4 aromatic heterocycles. The highest BCUT2D eigenvalue weighted by molar-refractivity contribution is 7.25. The molecule has 0 aliphatic heterocycles. The summed E-state index contributed by atoms with van der Waals surface area (Å²) in [7, 11) is 0. The molecule has 8 aromatic carbocycles. The van der Waals surface area contributed by atoms with Crippen molar-refractivity contribution in [3.05, 3.63) is 182 Å². The molecule has 0 aliphatic rings. The summed E-state index contributed by atoms with van der Waals surface area (Å²) in [6.45, 7) is 0. The Morgan fingerprint density at radius 1 is 0.362 bits per heavy atom. The van der Waals surface area contributed by atoms with Crippen molar-refractivity contribution >= 4 is 75.1 Å². The van der Waals surface area contributed by atoms with E-state index < -0.39 is 0 Å². The average molecular weight is 759 g/mol. The smallest absolute Gasteiger partial charge is 0.164 e. The van der Waals surface area contributed by atoms with Gasteiger partial charge >= 0.3 is 0 Å². The first-order chi connectivity index (χ1) is 28.7. The Morgan fingerprint density at radius 3 is 1.84 bits per heavy atom. The predicted octanol–water partition coefficient (Wildman–Crippen LogP) is 14.2. The number of pyridine rings is 1. The number of furan rings is 1. The van der Waals surface area contributed by atoms with Crippen LogP contribution in [-0.2, 0) is 0 Å². The average Bonchev–Trinajstić information content (AvgIpc) is 3.88. The van der Waals surface area contributed by atoms with E-state index in [2.05, 4.69) is 146 Å². The van der Waals surface area contributed by atoms with E-state index in [-0.39, 0.29) is 0 Å². The topological polar surface area (TPSA) is 64.7 Å². The lowest BCUT2D eigenvalue weighted by atomic mass is 9.95.